The normalized spacial score (nSPS) is 17.8. The van der Waals surface area contributed by atoms with E-state index in [1.54, 1.807) is 0 Å². The standard InChI is InChI=1S/C12H19NO3/c14-12-15-11(13-16-12)9-5-4-8-10-6-2-1-3-7-10/h10H,1-9H2. The third-order valence-corrected chi connectivity index (χ3v) is 3.40. The molecular weight excluding hydrogens is 206 g/mol. The van der Waals surface area contributed by atoms with Crippen LogP contribution in [0.1, 0.15) is 57.3 Å². The van der Waals surface area contributed by atoms with Gasteiger partial charge in [-0.25, -0.2) is 4.79 Å². The second-order valence-corrected chi connectivity index (χ2v) is 4.68. The number of unbranched alkanes of at least 4 members (excludes halogenated alkanes) is 1. The summed E-state index contributed by atoms with van der Waals surface area (Å²) in [7, 11) is 0. The van der Waals surface area contributed by atoms with Gasteiger partial charge in [-0.1, -0.05) is 44.9 Å². The van der Waals surface area contributed by atoms with E-state index in [1.165, 1.54) is 44.9 Å². The molecule has 0 bridgehead atoms. The fourth-order valence-electron chi connectivity index (χ4n) is 2.50. The first-order valence-electron chi connectivity index (χ1n) is 6.30. The van der Waals surface area contributed by atoms with Crippen molar-refractivity contribution in [2.45, 2.75) is 57.8 Å². The van der Waals surface area contributed by atoms with E-state index in [2.05, 4.69) is 9.68 Å². The van der Waals surface area contributed by atoms with Gasteiger partial charge in [0.1, 0.15) is 0 Å². The Hall–Kier alpha value is -1.06. The van der Waals surface area contributed by atoms with E-state index in [-0.39, 0.29) is 0 Å². The summed E-state index contributed by atoms with van der Waals surface area (Å²) >= 11 is 0. The van der Waals surface area contributed by atoms with E-state index in [4.69, 9.17) is 4.42 Å². The van der Waals surface area contributed by atoms with Gasteiger partial charge in [-0.2, -0.15) is 0 Å². The van der Waals surface area contributed by atoms with Gasteiger partial charge in [0.15, 0.2) is 0 Å². The summed E-state index contributed by atoms with van der Waals surface area (Å²) in [5.74, 6) is 0.675. The van der Waals surface area contributed by atoms with E-state index < -0.39 is 5.82 Å². The smallest absolute Gasteiger partial charge is 0.375 e. The molecule has 4 nitrogen and oxygen atoms in total. The fourth-order valence-corrected chi connectivity index (χ4v) is 2.50. The molecule has 4 heteroatoms. The molecule has 0 saturated heterocycles. The van der Waals surface area contributed by atoms with Crippen LogP contribution in [-0.4, -0.2) is 5.16 Å². The van der Waals surface area contributed by atoms with Gasteiger partial charge in [0.05, 0.1) is 0 Å². The predicted molar refractivity (Wildman–Crippen MR) is 59.2 cm³/mol. The van der Waals surface area contributed by atoms with Crippen molar-refractivity contribution in [2.75, 3.05) is 0 Å². The van der Waals surface area contributed by atoms with Crippen molar-refractivity contribution < 1.29 is 8.94 Å². The molecule has 1 aromatic heterocycles. The van der Waals surface area contributed by atoms with Gasteiger partial charge >= 0.3 is 5.82 Å². The van der Waals surface area contributed by atoms with Crippen molar-refractivity contribution in [3.63, 3.8) is 0 Å². The monoisotopic (exact) mass is 225 g/mol. The van der Waals surface area contributed by atoms with Gasteiger partial charge in [-0.05, 0) is 17.5 Å². The molecule has 0 aliphatic heterocycles. The number of rotatable bonds is 5. The first kappa shape index (κ1) is 11.4. The van der Waals surface area contributed by atoms with Crippen LogP contribution < -0.4 is 5.82 Å². The molecule has 0 unspecified atom stereocenters. The van der Waals surface area contributed by atoms with Crippen LogP contribution in [0.2, 0.25) is 0 Å². The summed E-state index contributed by atoms with van der Waals surface area (Å²) in [5, 5.41) is 3.55. The van der Waals surface area contributed by atoms with Crippen molar-refractivity contribution in [1.29, 1.82) is 0 Å². The van der Waals surface area contributed by atoms with Crippen LogP contribution in [0.25, 0.3) is 0 Å². The molecule has 1 aliphatic rings. The summed E-state index contributed by atoms with van der Waals surface area (Å²) in [4.78, 5) is 10.6. The topological polar surface area (TPSA) is 56.2 Å². The lowest BCUT2D eigenvalue weighted by molar-refractivity contribution is 0.326. The SMILES string of the molecule is O=c1onc(CCCCC2CCCCC2)o1. The molecule has 0 N–H and O–H groups in total. The maximum Gasteiger partial charge on any atom is 0.542 e. The highest BCUT2D eigenvalue weighted by Crippen LogP contribution is 2.27. The number of aromatic nitrogens is 1. The maximum absolute atomic E-state index is 10.6. The summed E-state index contributed by atoms with van der Waals surface area (Å²) in [6.45, 7) is 0. The summed E-state index contributed by atoms with van der Waals surface area (Å²) < 4.78 is 9.08. The number of hydrogen-bond acceptors (Lipinski definition) is 4. The lowest BCUT2D eigenvalue weighted by Crippen LogP contribution is -2.05. The van der Waals surface area contributed by atoms with Gasteiger partial charge in [-0.3, -0.25) is 4.52 Å². The Labute approximate surface area is 95.0 Å². The third kappa shape index (κ3) is 3.51. The molecule has 90 valence electrons. The molecule has 1 aliphatic carbocycles. The molecule has 1 fully saturated rings. The Morgan fingerprint density at radius 2 is 2.00 bits per heavy atom. The minimum Gasteiger partial charge on any atom is -0.375 e. The van der Waals surface area contributed by atoms with Crippen LogP contribution in [0, 0.1) is 5.92 Å². The molecule has 0 spiro atoms. The van der Waals surface area contributed by atoms with Crippen LogP contribution in [0.3, 0.4) is 0 Å². The van der Waals surface area contributed by atoms with Crippen molar-refractivity contribution in [3.05, 3.63) is 16.5 Å². The molecule has 0 radical (unpaired) electrons. The van der Waals surface area contributed by atoms with Crippen molar-refractivity contribution in [2.24, 2.45) is 5.92 Å². The Bertz CT molecular complexity index is 349. The summed E-state index contributed by atoms with van der Waals surface area (Å²) in [5.41, 5.74) is 0. The van der Waals surface area contributed by atoms with Crippen LogP contribution in [0.4, 0.5) is 0 Å². The van der Waals surface area contributed by atoms with E-state index in [9.17, 15) is 4.79 Å². The Morgan fingerprint density at radius 3 is 2.69 bits per heavy atom. The van der Waals surface area contributed by atoms with Crippen molar-refractivity contribution in [3.8, 4) is 0 Å². The lowest BCUT2D eigenvalue weighted by Gasteiger charge is -2.20. The zero-order chi connectivity index (χ0) is 11.2. The highest BCUT2D eigenvalue weighted by Gasteiger charge is 2.12. The van der Waals surface area contributed by atoms with Gasteiger partial charge in [0, 0.05) is 6.42 Å². The minimum atomic E-state index is -0.692. The zero-order valence-corrected chi connectivity index (χ0v) is 9.61. The number of nitrogens with zero attached hydrogens (tertiary/aromatic N) is 1. The molecule has 1 heterocycles. The molecule has 2 rings (SSSR count). The van der Waals surface area contributed by atoms with E-state index in [1.807, 2.05) is 0 Å². The molecular formula is C12H19NO3. The summed E-state index contributed by atoms with van der Waals surface area (Å²) in [6, 6.07) is 0. The van der Waals surface area contributed by atoms with E-state index in [0.29, 0.717) is 5.89 Å². The Balaban J connectivity index is 1.59. The van der Waals surface area contributed by atoms with Gasteiger partial charge < -0.3 is 4.42 Å². The molecule has 1 saturated carbocycles. The summed E-state index contributed by atoms with van der Waals surface area (Å²) in [6.07, 6.45) is 11.3. The predicted octanol–water partition coefficient (Wildman–Crippen LogP) is 2.92. The van der Waals surface area contributed by atoms with Crippen molar-refractivity contribution >= 4 is 0 Å². The average molecular weight is 225 g/mol. The maximum atomic E-state index is 10.6. The largest absolute Gasteiger partial charge is 0.542 e. The van der Waals surface area contributed by atoms with E-state index in [0.717, 1.165) is 18.8 Å². The molecule has 16 heavy (non-hydrogen) atoms. The highest BCUT2D eigenvalue weighted by atomic mass is 16.6. The lowest BCUT2D eigenvalue weighted by atomic mass is 9.86. The zero-order valence-electron chi connectivity index (χ0n) is 9.61. The highest BCUT2D eigenvalue weighted by molar-refractivity contribution is 4.72. The Kier molecular flexibility index (Phi) is 4.19. The first-order chi connectivity index (χ1) is 7.84. The van der Waals surface area contributed by atoms with Crippen molar-refractivity contribution in [1.82, 2.24) is 5.16 Å². The Morgan fingerprint density at radius 1 is 1.19 bits per heavy atom. The molecule has 1 aromatic rings. The van der Waals surface area contributed by atoms with Gasteiger partial charge in [0.25, 0.3) is 0 Å². The molecule has 0 atom stereocenters. The quantitative estimate of drug-likeness (QED) is 0.723. The third-order valence-electron chi connectivity index (χ3n) is 3.40. The van der Waals surface area contributed by atoms with Crippen LogP contribution in [-0.2, 0) is 6.42 Å². The minimum absolute atomic E-state index is 0.439. The number of hydrogen-bond donors (Lipinski definition) is 0. The molecule has 0 amide bonds. The fraction of sp³-hybridized carbons (Fsp3) is 0.833. The van der Waals surface area contributed by atoms with Gasteiger partial charge in [0.2, 0.25) is 5.89 Å². The number of aryl methyl sites for hydroxylation is 1. The van der Waals surface area contributed by atoms with Gasteiger partial charge in [-0.15, -0.1) is 0 Å². The van der Waals surface area contributed by atoms with Crippen LogP contribution >= 0.6 is 0 Å². The van der Waals surface area contributed by atoms with Crippen LogP contribution in [0.15, 0.2) is 13.7 Å². The van der Waals surface area contributed by atoms with E-state index >= 15 is 0 Å². The molecule has 0 aromatic carbocycles. The second-order valence-electron chi connectivity index (χ2n) is 4.68. The average Bonchev–Trinajstić information content (AvgIpc) is 2.72. The second kappa shape index (κ2) is 5.87. The van der Waals surface area contributed by atoms with Crippen LogP contribution in [0.5, 0.6) is 0 Å². The first-order valence-corrected chi connectivity index (χ1v) is 6.30.